The number of hydrogen-bond acceptors (Lipinski definition) is 3. The molecule has 5 nitrogen and oxygen atoms in total. The van der Waals surface area contributed by atoms with Gasteiger partial charge in [-0.15, -0.1) is 11.3 Å². The fourth-order valence-corrected chi connectivity index (χ4v) is 3.49. The number of hydrogen-bond donors (Lipinski definition) is 3. The maximum atomic E-state index is 11.7. The smallest absolute Gasteiger partial charge is 0.315 e. The van der Waals surface area contributed by atoms with Crippen LogP contribution in [0.2, 0.25) is 0 Å². The molecule has 1 aliphatic rings. The molecule has 0 spiro atoms. The molecule has 1 aliphatic carbocycles. The van der Waals surface area contributed by atoms with Crippen molar-refractivity contribution in [2.45, 2.75) is 39.2 Å². The van der Waals surface area contributed by atoms with Gasteiger partial charge < -0.3 is 15.7 Å². The average Bonchev–Trinajstić information content (AvgIpc) is 2.89. The lowest BCUT2D eigenvalue weighted by Gasteiger charge is -2.26. The van der Waals surface area contributed by atoms with Crippen molar-refractivity contribution in [3.05, 3.63) is 21.9 Å². The zero-order chi connectivity index (χ0) is 15.2. The van der Waals surface area contributed by atoms with Crippen molar-refractivity contribution in [3.63, 3.8) is 0 Å². The quantitative estimate of drug-likeness (QED) is 0.782. The van der Waals surface area contributed by atoms with E-state index in [1.807, 2.05) is 19.1 Å². The van der Waals surface area contributed by atoms with Crippen molar-refractivity contribution < 1.29 is 14.7 Å². The Morgan fingerprint density at radius 2 is 1.95 bits per heavy atom. The van der Waals surface area contributed by atoms with Gasteiger partial charge in [-0.2, -0.15) is 0 Å². The van der Waals surface area contributed by atoms with E-state index >= 15 is 0 Å². The van der Waals surface area contributed by atoms with Crippen LogP contribution in [0.3, 0.4) is 0 Å². The van der Waals surface area contributed by atoms with Crippen LogP contribution in [0, 0.1) is 18.8 Å². The van der Waals surface area contributed by atoms with Crippen LogP contribution in [-0.2, 0) is 11.3 Å². The predicted molar refractivity (Wildman–Crippen MR) is 82.4 cm³/mol. The van der Waals surface area contributed by atoms with Gasteiger partial charge in [-0.05, 0) is 50.7 Å². The number of rotatable bonds is 5. The number of nitrogens with one attached hydrogen (secondary N) is 2. The standard InChI is InChI=1S/C15H22N2O3S/c1-10-2-7-13(21-10)9-17-15(20)16-8-11-3-5-12(6-4-11)14(18)19/h2,7,11-12H,3-6,8-9H2,1H3,(H,18,19)(H2,16,17,20). The number of carboxylic acid groups (broad SMARTS) is 1. The Balaban J connectivity index is 1.62. The number of aryl methyl sites for hydroxylation is 1. The van der Waals surface area contributed by atoms with Crippen LogP contribution < -0.4 is 10.6 Å². The van der Waals surface area contributed by atoms with Gasteiger partial charge in [-0.25, -0.2) is 4.79 Å². The van der Waals surface area contributed by atoms with Crippen molar-refractivity contribution >= 4 is 23.3 Å². The van der Waals surface area contributed by atoms with E-state index in [0.717, 1.165) is 30.6 Å². The highest BCUT2D eigenvalue weighted by atomic mass is 32.1. The largest absolute Gasteiger partial charge is 0.481 e. The lowest BCUT2D eigenvalue weighted by molar-refractivity contribution is -0.143. The fraction of sp³-hybridized carbons (Fsp3) is 0.600. The third kappa shape index (κ3) is 5.04. The third-order valence-corrected chi connectivity index (χ3v) is 4.97. The average molecular weight is 310 g/mol. The minimum atomic E-state index is -0.689. The number of aliphatic carboxylic acids is 1. The molecule has 0 radical (unpaired) electrons. The molecule has 2 amide bonds. The van der Waals surface area contributed by atoms with Crippen molar-refractivity contribution in [2.24, 2.45) is 11.8 Å². The molecule has 0 unspecified atom stereocenters. The first-order chi connectivity index (χ1) is 10.0. The molecule has 21 heavy (non-hydrogen) atoms. The highest BCUT2D eigenvalue weighted by Gasteiger charge is 2.25. The summed E-state index contributed by atoms with van der Waals surface area (Å²) in [4.78, 5) is 25.0. The zero-order valence-corrected chi connectivity index (χ0v) is 13.0. The Kier molecular flexibility index (Phi) is 5.61. The molecule has 0 saturated heterocycles. The first-order valence-corrected chi connectivity index (χ1v) is 8.16. The maximum Gasteiger partial charge on any atom is 0.315 e. The minimum absolute atomic E-state index is 0.151. The summed E-state index contributed by atoms with van der Waals surface area (Å²) in [6.07, 6.45) is 3.19. The number of amides is 2. The number of thiophene rings is 1. The second kappa shape index (κ2) is 7.45. The van der Waals surface area contributed by atoms with E-state index in [9.17, 15) is 9.59 Å². The van der Waals surface area contributed by atoms with Gasteiger partial charge in [0.05, 0.1) is 12.5 Å². The molecule has 0 bridgehead atoms. The topological polar surface area (TPSA) is 78.4 Å². The monoisotopic (exact) mass is 310 g/mol. The molecule has 2 rings (SSSR count). The van der Waals surface area contributed by atoms with Crippen LogP contribution in [0.25, 0.3) is 0 Å². The van der Waals surface area contributed by atoms with Crippen LogP contribution in [0.15, 0.2) is 12.1 Å². The van der Waals surface area contributed by atoms with Gasteiger partial charge in [-0.3, -0.25) is 4.79 Å². The fourth-order valence-electron chi connectivity index (χ4n) is 2.66. The van der Waals surface area contributed by atoms with Gasteiger partial charge in [0.1, 0.15) is 0 Å². The first kappa shape index (κ1) is 15.8. The van der Waals surface area contributed by atoms with E-state index in [1.165, 1.54) is 4.88 Å². The van der Waals surface area contributed by atoms with Crippen molar-refractivity contribution in [1.82, 2.24) is 10.6 Å². The molecular weight excluding hydrogens is 288 g/mol. The predicted octanol–water partition coefficient (Wildman–Crippen LogP) is 2.75. The molecule has 0 atom stereocenters. The molecule has 1 aromatic heterocycles. The molecular formula is C15H22N2O3S. The molecule has 1 aromatic rings. The number of urea groups is 1. The molecule has 3 N–H and O–H groups in total. The molecule has 1 heterocycles. The van der Waals surface area contributed by atoms with Crippen molar-refractivity contribution in [2.75, 3.05) is 6.54 Å². The second-order valence-electron chi connectivity index (χ2n) is 5.63. The van der Waals surface area contributed by atoms with E-state index in [1.54, 1.807) is 11.3 Å². The molecule has 0 aromatic carbocycles. The van der Waals surface area contributed by atoms with Crippen LogP contribution >= 0.6 is 11.3 Å². The maximum absolute atomic E-state index is 11.7. The molecule has 1 saturated carbocycles. The summed E-state index contributed by atoms with van der Waals surface area (Å²) in [7, 11) is 0. The van der Waals surface area contributed by atoms with Gasteiger partial charge in [-0.1, -0.05) is 0 Å². The Morgan fingerprint density at radius 3 is 2.52 bits per heavy atom. The number of carbonyl (C=O) groups excluding carboxylic acids is 1. The van der Waals surface area contributed by atoms with E-state index in [4.69, 9.17) is 5.11 Å². The Morgan fingerprint density at radius 1 is 1.24 bits per heavy atom. The minimum Gasteiger partial charge on any atom is -0.481 e. The first-order valence-electron chi connectivity index (χ1n) is 7.34. The lowest BCUT2D eigenvalue weighted by atomic mass is 9.82. The highest BCUT2D eigenvalue weighted by molar-refractivity contribution is 7.11. The van der Waals surface area contributed by atoms with E-state index in [0.29, 0.717) is 19.0 Å². The Labute approximate surface area is 128 Å². The summed E-state index contributed by atoms with van der Waals surface area (Å²) in [6, 6.07) is 3.91. The van der Waals surface area contributed by atoms with Crippen LogP contribution in [0.4, 0.5) is 4.79 Å². The summed E-state index contributed by atoms with van der Waals surface area (Å²) in [6.45, 7) is 3.22. The summed E-state index contributed by atoms with van der Waals surface area (Å²) in [5.74, 6) is -0.488. The van der Waals surface area contributed by atoms with Crippen molar-refractivity contribution in [3.8, 4) is 0 Å². The Hall–Kier alpha value is -1.56. The van der Waals surface area contributed by atoms with Crippen LogP contribution in [0.5, 0.6) is 0 Å². The third-order valence-electron chi connectivity index (χ3n) is 3.97. The number of carbonyl (C=O) groups is 2. The van der Waals surface area contributed by atoms with E-state index < -0.39 is 5.97 Å². The molecule has 6 heteroatoms. The molecule has 116 valence electrons. The summed E-state index contributed by atoms with van der Waals surface area (Å²) in [5, 5.41) is 14.7. The summed E-state index contributed by atoms with van der Waals surface area (Å²) < 4.78 is 0. The van der Waals surface area contributed by atoms with Gasteiger partial charge >= 0.3 is 12.0 Å². The summed E-state index contributed by atoms with van der Waals surface area (Å²) >= 11 is 1.68. The molecule has 0 aliphatic heterocycles. The van der Waals surface area contributed by atoms with Gasteiger partial charge in [0.2, 0.25) is 0 Å². The summed E-state index contributed by atoms with van der Waals surface area (Å²) in [5.41, 5.74) is 0. The Bertz CT molecular complexity index is 493. The van der Waals surface area contributed by atoms with Gasteiger partial charge in [0.25, 0.3) is 0 Å². The number of carboxylic acids is 1. The zero-order valence-electron chi connectivity index (χ0n) is 12.2. The highest BCUT2D eigenvalue weighted by Crippen LogP contribution is 2.28. The van der Waals surface area contributed by atoms with Gasteiger partial charge in [0, 0.05) is 16.3 Å². The van der Waals surface area contributed by atoms with Crippen molar-refractivity contribution in [1.29, 1.82) is 0 Å². The van der Waals surface area contributed by atoms with Crippen LogP contribution in [0.1, 0.15) is 35.4 Å². The SMILES string of the molecule is Cc1ccc(CNC(=O)NCC2CCC(C(=O)O)CC2)s1. The van der Waals surface area contributed by atoms with E-state index in [2.05, 4.69) is 10.6 Å². The van der Waals surface area contributed by atoms with Crippen LogP contribution in [-0.4, -0.2) is 23.7 Å². The lowest BCUT2D eigenvalue weighted by Crippen LogP contribution is -2.38. The second-order valence-corrected chi connectivity index (χ2v) is 7.00. The molecule has 1 fully saturated rings. The van der Waals surface area contributed by atoms with E-state index in [-0.39, 0.29) is 11.9 Å². The van der Waals surface area contributed by atoms with Gasteiger partial charge in [0.15, 0.2) is 0 Å². The normalized spacial score (nSPS) is 21.8.